The van der Waals surface area contributed by atoms with E-state index in [2.05, 4.69) is 10.6 Å². The molecule has 4 N–H and O–H groups in total. The zero-order chi connectivity index (χ0) is 31.3. The Labute approximate surface area is 250 Å². The molecule has 0 bridgehead atoms. The number of nitrogens with one attached hydrogen (secondary N) is 2. The van der Waals surface area contributed by atoms with E-state index in [-0.39, 0.29) is 30.8 Å². The normalized spacial score (nSPS) is 19.0. The zero-order valence-electron chi connectivity index (χ0n) is 24.7. The molecule has 1 aliphatic heterocycles. The monoisotopic (exact) mass is 591 g/mol. The van der Waals surface area contributed by atoms with Gasteiger partial charge in [0.15, 0.2) is 6.10 Å². The fourth-order valence-corrected chi connectivity index (χ4v) is 5.66. The van der Waals surface area contributed by atoms with Crippen LogP contribution in [0.3, 0.4) is 0 Å². The van der Waals surface area contributed by atoms with Crippen molar-refractivity contribution in [3.05, 3.63) is 101 Å². The van der Waals surface area contributed by atoms with Crippen molar-refractivity contribution in [2.45, 2.75) is 58.0 Å². The first-order chi connectivity index (χ1) is 20.4. The summed E-state index contributed by atoms with van der Waals surface area (Å²) in [4.78, 5) is 42.2. The van der Waals surface area contributed by atoms with Crippen molar-refractivity contribution in [1.82, 2.24) is 15.5 Å². The van der Waals surface area contributed by atoms with Gasteiger partial charge < -0.3 is 30.5 Å². The Morgan fingerprint density at radius 3 is 2.40 bits per heavy atom. The number of likely N-dealkylation sites (tertiary alicyclic amines) is 1. The van der Waals surface area contributed by atoms with E-state index < -0.39 is 53.2 Å². The summed E-state index contributed by atoms with van der Waals surface area (Å²) < 4.78 is 19.9. The highest BCUT2D eigenvalue weighted by Crippen LogP contribution is 2.39. The lowest BCUT2D eigenvalue weighted by Gasteiger charge is -2.34. The van der Waals surface area contributed by atoms with Crippen molar-refractivity contribution in [3.63, 3.8) is 0 Å². The Morgan fingerprint density at radius 2 is 1.72 bits per heavy atom. The number of phenolic OH excluding ortho intramolecular Hbond substituents is 1. The maximum atomic E-state index is 14.2. The summed E-state index contributed by atoms with van der Waals surface area (Å²) in [6, 6.07) is 17.6. The van der Waals surface area contributed by atoms with E-state index in [0.717, 1.165) is 5.56 Å². The van der Waals surface area contributed by atoms with E-state index >= 15 is 0 Å². The van der Waals surface area contributed by atoms with Crippen LogP contribution in [-0.2, 0) is 27.3 Å². The lowest BCUT2D eigenvalue weighted by Crippen LogP contribution is -2.57. The van der Waals surface area contributed by atoms with Crippen molar-refractivity contribution in [1.29, 1.82) is 0 Å². The number of nitrogens with zero attached hydrogens (tertiary/aromatic N) is 1. The second-order valence-electron chi connectivity index (χ2n) is 11.4. The summed E-state index contributed by atoms with van der Waals surface area (Å²) >= 11 is 0. The summed E-state index contributed by atoms with van der Waals surface area (Å²) in [5.74, 6) is -2.37. The molecule has 0 saturated carbocycles. The average Bonchev–Trinajstić information content (AvgIpc) is 3.27. The Hall–Kier alpha value is -4.28. The minimum Gasteiger partial charge on any atom is -0.508 e. The lowest BCUT2D eigenvalue weighted by atomic mass is 9.81. The first kappa shape index (κ1) is 31.7. The highest BCUT2D eigenvalue weighted by atomic mass is 19.1. The molecule has 43 heavy (non-hydrogen) atoms. The van der Waals surface area contributed by atoms with Crippen LogP contribution in [0.1, 0.15) is 40.9 Å². The SMILES string of the molecule is CO[C@@H]1CN(C(=O)[C@@H](O)C(Cc2ccccc2)NC(=O)c2cccc(O)c2C)[C@H](C(=O)NCc2ccccc2F)C1(C)C. The third kappa shape index (κ3) is 6.87. The van der Waals surface area contributed by atoms with E-state index in [9.17, 15) is 29.0 Å². The summed E-state index contributed by atoms with van der Waals surface area (Å²) in [5.41, 5.74) is 0.754. The van der Waals surface area contributed by atoms with Crippen LogP contribution in [0.25, 0.3) is 0 Å². The number of hydrogen-bond acceptors (Lipinski definition) is 6. The van der Waals surface area contributed by atoms with Crippen molar-refractivity contribution >= 4 is 17.7 Å². The van der Waals surface area contributed by atoms with Gasteiger partial charge in [-0.3, -0.25) is 14.4 Å². The van der Waals surface area contributed by atoms with E-state index in [4.69, 9.17) is 4.74 Å². The number of hydrogen-bond donors (Lipinski definition) is 4. The van der Waals surface area contributed by atoms with Gasteiger partial charge in [-0.1, -0.05) is 68.4 Å². The predicted octanol–water partition coefficient (Wildman–Crippen LogP) is 3.11. The fraction of sp³-hybridized carbons (Fsp3) is 0.364. The van der Waals surface area contributed by atoms with Crippen molar-refractivity contribution in [3.8, 4) is 5.75 Å². The number of ether oxygens (including phenoxy) is 1. The van der Waals surface area contributed by atoms with E-state index in [1.165, 1.54) is 30.2 Å². The number of aliphatic hydroxyl groups excluding tert-OH is 1. The molecule has 9 nitrogen and oxygen atoms in total. The molecular formula is C33H38FN3O6. The van der Waals surface area contributed by atoms with Crippen LogP contribution in [0.15, 0.2) is 72.8 Å². The number of carbonyl (C=O) groups excluding carboxylic acids is 3. The molecule has 3 aromatic rings. The Morgan fingerprint density at radius 1 is 1.05 bits per heavy atom. The number of rotatable bonds is 10. The van der Waals surface area contributed by atoms with Gasteiger partial charge in [-0.25, -0.2) is 4.39 Å². The number of methoxy groups -OCH3 is 1. The van der Waals surface area contributed by atoms with Crippen molar-refractivity contribution in [2.75, 3.05) is 13.7 Å². The quantitative estimate of drug-likeness (QED) is 0.287. The highest BCUT2D eigenvalue weighted by Gasteiger charge is 2.54. The average molecular weight is 592 g/mol. The molecule has 1 fully saturated rings. The minimum absolute atomic E-state index is 0.0227. The third-order valence-electron chi connectivity index (χ3n) is 8.23. The van der Waals surface area contributed by atoms with Gasteiger partial charge in [0.1, 0.15) is 17.6 Å². The van der Waals surface area contributed by atoms with Crippen LogP contribution in [0.5, 0.6) is 5.75 Å². The molecule has 4 rings (SSSR count). The number of carbonyl (C=O) groups is 3. The van der Waals surface area contributed by atoms with E-state index in [1.54, 1.807) is 45.0 Å². The van der Waals surface area contributed by atoms with Crippen LogP contribution in [-0.4, -0.2) is 70.8 Å². The summed E-state index contributed by atoms with van der Waals surface area (Å²) in [6.45, 7) is 5.12. The molecule has 1 aliphatic rings. The molecule has 0 radical (unpaired) electrons. The Bertz CT molecular complexity index is 1460. The first-order valence-corrected chi connectivity index (χ1v) is 14.1. The first-order valence-electron chi connectivity index (χ1n) is 14.1. The topological polar surface area (TPSA) is 128 Å². The molecule has 1 saturated heterocycles. The summed E-state index contributed by atoms with van der Waals surface area (Å²) in [7, 11) is 1.49. The molecule has 0 aliphatic carbocycles. The van der Waals surface area contributed by atoms with Crippen molar-refractivity contribution < 1.29 is 33.7 Å². The number of halogens is 1. The smallest absolute Gasteiger partial charge is 0.254 e. The molecule has 1 unspecified atom stereocenters. The van der Waals surface area contributed by atoms with E-state index in [0.29, 0.717) is 11.1 Å². The van der Waals surface area contributed by atoms with Crippen LogP contribution in [0.2, 0.25) is 0 Å². The van der Waals surface area contributed by atoms with Crippen LogP contribution in [0.4, 0.5) is 4.39 Å². The minimum atomic E-state index is -1.73. The molecule has 0 spiro atoms. The van der Waals surface area contributed by atoms with Gasteiger partial charge in [-0.05, 0) is 37.1 Å². The van der Waals surface area contributed by atoms with Gasteiger partial charge in [0.2, 0.25) is 5.91 Å². The molecule has 10 heteroatoms. The highest BCUT2D eigenvalue weighted by molar-refractivity contribution is 5.97. The lowest BCUT2D eigenvalue weighted by molar-refractivity contribution is -0.148. The Balaban J connectivity index is 1.61. The van der Waals surface area contributed by atoms with Crippen LogP contribution in [0, 0.1) is 18.2 Å². The van der Waals surface area contributed by atoms with Crippen molar-refractivity contribution in [2.24, 2.45) is 5.41 Å². The second-order valence-corrected chi connectivity index (χ2v) is 11.4. The number of aromatic hydroxyl groups is 1. The largest absolute Gasteiger partial charge is 0.508 e. The van der Waals surface area contributed by atoms with Gasteiger partial charge in [0, 0.05) is 42.3 Å². The van der Waals surface area contributed by atoms with Gasteiger partial charge in [-0.2, -0.15) is 0 Å². The molecular weight excluding hydrogens is 553 g/mol. The zero-order valence-corrected chi connectivity index (χ0v) is 24.7. The number of phenols is 1. The molecule has 3 aromatic carbocycles. The Kier molecular flexibility index (Phi) is 9.83. The summed E-state index contributed by atoms with van der Waals surface area (Å²) in [5, 5.41) is 27.1. The number of aliphatic hydroxyl groups is 1. The molecule has 228 valence electrons. The standard InChI is InChI=1S/C33H38FN3O6/c1-20-23(14-10-16-26(20)38)30(40)36-25(17-21-11-6-5-7-12-21)28(39)32(42)37-19-27(43-4)33(2,3)29(37)31(41)35-18-22-13-8-9-15-24(22)34/h5-16,25,27-29,38-39H,17-19H2,1-4H3,(H,35,41)(H,36,40)/t25?,27-,28+,29-/m1/s1. The van der Waals surface area contributed by atoms with Gasteiger partial charge in [-0.15, -0.1) is 0 Å². The fourth-order valence-electron chi connectivity index (χ4n) is 5.66. The molecule has 4 atom stereocenters. The van der Waals surface area contributed by atoms with Gasteiger partial charge in [0.05, 0.1) is 12.1 Å². The maximum absolute atomic E-state index is 14.2. The third-order valence-corrected chi connectivity index (χ3v) is 8.23. The number of benzene rings is 3. The van der Waals surface area contributed by atoms with Crippen LogP contribution < -0.4 is 10.6 Å². The number of amides is 3. The summed E-state index contributed by atoms with van der Waals surface area (Å²) in [6.07, 6.45) is -2.15. The molecule has 0 aromatic heterocycles. The van der Waals surface area contributed by atoms with E-state index in [1.807, 2.05) is 30.3 Å². The van der Waals surface area contributed by atoms with Gasteiger partial charge in [0.25, 0.3) is 11.8 Å². The molecule has 1 heterocycles. The van der Waals surface area contributed by atoms with Crippen LogP contribution >= 0.6 is 0 Å². The molecule has 3 amide bonds. The maximum Gasteiger partial charge on any atom is 0.254 e. The van der Waals surface area contributed by atoms with Gasteiger partial charge >= 0.3 is 0 Å². The second kappa shape index (κ2) is 13.4. The predicted molar refractivity (Wildman–Crippen MR) is 159 cm³/mol.